The van der Waals surface area contributed by atoms with Gasteiger partial charge in [-0.05, 0) is 52.9 Å². The Balaban J connectivity index is 2.16. The second-order valence-electron chi connectivity index (χ2n) is 4.11. The first-order valence-corrected chi connectivity index (χ1v) is 6.58. The first-order chi connectivity index (χ1) is 8.11. The third-order valence-electron chi connectivity index (χ3n) is 2.79. The summed E-state index contributed by atoms with van der Waals surface area (Å²) in [5.74, 6) is 0.146. The van der Waals surface area contributed by atoms with E-state index < -0.39 is 0 Å². The fraction of sp³-hybridized carbons (Fsp3) is 0.417. The van der Waals surface area contributed by atoms with E-state index in [0.717, 1.165) is 23.0 Å². The second kappa shape index (κ2) is 5.27. The highest BCUT2D eigenvalue weighted by atomic mass is 79.9. The van der Waals surface area contributed by atoms with E-state index in [9.17, 15) is 4.79 Å². The molecule has 2 rings (SSSR count). The standard InChI is InChI=1S/C12H13BrClNO2/c1-17-12(16)11(7-2-3-7)15-10-6-8(14)4-5-9(10)13/h4-7,11,15H,2-3H2,1H3. The molecule has 0 aromatic heterocycles. The number of anilines is 1. The first kappa shape index (κ1) is 12.7. The second-order valence-corrected chi connectivity index (χ2v) is 5.40. The number of carbonyl (C=O) groups excluding carboxylic acids is 1. The van der Waals surface area contributed by atoms with Crippen LogP contribution in [-0.2, 0) is 9.53 Å². The van der Waals surface area contributed by atoms with Gasteiger partial charge in [-0.15, -0.1) is 0 Å². The number of ether oxygens (including phenoxy) is 1. The molecular weight excluding hydrogens is 305 g/mol. The van der Waals surface area contributed by atoms with E-state index in [2.05, 4.69) is 21.2 Å². The van der Waals surface area contributed by atoms with E-state index in [1.54, 1.807) is 12.1 Å². The molecule has 0 bridgehead atoms. The van der Waals surface area contributed by atoms with Gasteiger partial charge in [0.1, 0.15) is 6.04 Å². The van der Waals surface area contributed by atoms with E-state index in [4.69, 9.17) is 16.3 Å². The molecule has 92 valence electrons. The molecule has 5 heteroatoms. The maximum atomic E-state index is 11.7. The lowest BCUT2D eigenvalue weighted by Gasteiger charge is -2.18. The molecule has 0 amide bonds. The molecule has 1 atom stereocenters. The third kappa shape index (κ3) is 3.13. The summed E-state index contributed by atoms with van der Waals surface area (Å²) in [6.07, 6.45) is 2.12. The third-order valence-corrected chi connectivity index (χ3v) is 3.71. The highest BCUT2D eigenvalue weighted by molar-refractivity contribution is 9.10. The Morgan fingerprint density at radius 1 is 1.59 bits per heavy atom. The molecule has 1 aliphatic carbocycles. The predicted octanol–water partition coefficient (Wildman–Crippen LogP) is 3.47. The number of hydrogen-bond donors (Lipinski definition) is 1. The molecule has 1 unspecified atom stereocenters. The maximum Gasteiger partial charge on any atom is 0.328 e. The van der Waals surface area contributed by atoms with Gasteiger partial charge >= 0.3 is 5.97 Å². The molecule has 0 radical (unpaired) electrons. The van der Waals surface area contributed by atoms with Crippen LogP contribution in [-0.4, -0.2) is 19.1 Å². The molecule has 0 spiro atoms. The Morgan fingerprint density at radius 3 is 2.88 bits per heavy atom. The SMILES string of the molecule is COC(=O)C(Nc1cc(Cl)ccc1Br)C1CC1. The minimum Gasteiger partial charge on any atom is -0.467 e. The number of methoxy groups -OCH3 is 1. The van der Waals surface area contributed by atoms with Crippen LogP contribution in [0.3, 0.4) is 0 Å². The Hall–Kier alpha value is -0.740. The molecule has 1 saturated carbocycles. The number of esters is 1. The van der Waals surface area contributed by atoms with Crippen molar-refractivity contribution in [3.05, 3.63) is 27.7 Å². The summed E-state index contributed by atoms with van der Waals surface area (Å²) in [6, 6.07) is 5.16. The van der Waals surface area contributed by atoms with Crippen molar-refractivity contribution in [3.63, 3.8) is 0 Å². The summed E-state index contributed by atoms with van der Waals surface area (Å²) >= 11 is 9.36. The lowest BCUT2D eigenvalue weighted by molar-refractivity contribution is -0.142. The van der Waals surface area contributed by atoms with Crippen LogP contribution in [0.25, 0.3) is 0 Å². The van der Waals surface area contributed by atoms with Crippen LogP contribution in [0.5, 0.6) is 0 Å². The zero-order chi connectivity index (χ0) is 12.4. The average Bonchev–Trinajstić information content (AvgIpc) is 3.13. The van der Waals surface area contributed by atoms with Crippen molar-refractivity contribution in [1.82, 2.24) is 0 Å². The van der Waals surface area contributed by atoms with Gasteiger partial charge in [0.25, 0.3) is 0 Å². The van der Waals surface area contributed by atoms with Crippen molar-refractivity contribution in [2.75, 3.05) is 12.4 Å². The maximum absolute atomic E-state index is 11.7. The topological polar surface area (TPSA) is 38.3 Å². The Labute approximate surface area is 114 Å². The zero-order valence-corrected chi connectivity index (χ0v) is 11.7. The summed E-state index contributed by atoms with van der Waals surface area (Å²) in [4.78, 5) is 11.7. The van der Waals surface area contributed by atoms with Crippen molar-refractivity contribution < 1.29 is 9.53 Å². The lowest BCUT2D eigenvalue weighted by atomic mass is 10.1. The first-order valence-electron chi connectivity index (χ1n) is 5.41. The molecule has 1 fully saturated rings. The summed E-state index contributed by atoms with van der Waals surface area (Å²) < 4.78 is 5.69. The molecule has 0 heterocycles. The monoisotopic (exact) mass is 317 g/mol. The number of carbonyl (C=O) groups is 1. The Kier molecular flexibility index (Phi) is 3.94. The van der Waals surface area contributed by atoms with Crippen LogP contribution in [0.4, 0.5) is 5.69 Å². The molecular formula is C12H13BrClNO2. The molecule has 17 heavy (non-hydrogen) atoms. The lowest BCUT2D eigenvalue weighted by Crippen LogP contribution is -2.32. The smallest absolute Gasteiger partial charge is 0.328 e. The summed E-state index contributed by atoms with van der Waals surface area (Å²) in [5.41, 5.74) is 0.819. The Bertz CT molecular complexity index is 435. The van der Waals surface area contributed by atoms with Gasteiger partial charge in [0.05, 0.1) is 12.8 Å². The molecule has 3 nitrogen and oxygen atoms in total. The number of hydrogen-bond acceptors (Lipinski definition) is 3. The summed E-state index contributed by atoms with van der Waals surface area (Å²) in [6.45, 7) is 0. The Morgan fingerprint density at radius 2 is 2.29 bits per heavy atom. The van der Waals surface area contributed by atoms with Crippen LogP contribution in [0.2, 0.25) is 5.02 Å². The average molecular weight is 319 g/mol. The van der Waals surface area contributed by atoms with E-state index in [-0.39, 0.29) is 12.0 Å². The van der Waals surface area contributed by atoms with Crippen molar-refractivity contribution >= 4 is 39.2 Å². The van der Waals surface area contributed by atoms with Gasteiger partial charge in [-0.3, -0.25) is 0 Å². The van der Waals surface area contributed by atoms with Gasteiger partial charge in [-0.1, -0.05) is 11.6 Å². The summed E-state index contributed by atoms with van der Waals surface area (Å²) in [5, 5.41) is 3.83. The molecule has 1 N–H and O–H groups in total. The van der Waals surface area contributed by atoms with Gasteiger partial charge in [0, 0.05) is 9.50 Å². The summed E-state index contributed by atoms with van der Waals surface area (Å²) in [7, 11) is 1.41. The highest BCUT2D eigenvalue weighted by Gasteiger charge is 2.37. The molecule has 1 aromatic carbocycles. The number of halogens is 2. The van der Waals surface area contributed by atoms with E-state index in [0.29, 0.717) is 10.9 Å². The van der Waals surface area contributed by atoms with Gasteiger partial charge in [0.2, 0.25) is 0 Å². The largest absolute Gasteiger partial charge is 0.467 e. The van der Waals surface area contributed by atoms with Crippen molar-refractivity contribution in [2.45, 2.75) is 18.9 Å². The van der Waals surface area contributed by atoms with Gasteiger partial charge in [0.15, 0.2) is 0 Å². The fourth-order valence-corrected chi connectivity index (χ4v) is 2.23. The quantitative estimate of drug-likeness (QED) is 0.864. The number of rotatable bonds is 4. The van der Waals surface area contributed by atoms with Crippen LogP contribution in [0.1, 0.15) is 12.8 Å². The van der Waals surface area contributed by atoms with Gasteiger partial charge in [-0.25, -0.2) is 4.79 Å². The minimum absolute atomic E-state index is 0.223. The minimum atomic E-state index is -0.283. The zero-order valence-electron chi connectivity index (χ0n) is 9.37. The molecule has 0 saturated heterocycles. The van der Waals surface area contributed by atoms with Gasteiger partial charge in [-0.2, -0.15) is 0 Å². The van der Waals surface area contributed by atoms with E-state index >= 15 is 0 Å². The number of nitrogens with one attached hydrogen (secondary N) is 1. The predicted molar refractivity (Wildman–Crippen MR) is 71.3 cm³/mol. The molecule has 1 aliphatic rings. The van der Waals surface area contributed by atoms with Crippen LogP contribution in [0, 0.1) is 5.92 Å². The van der Waals surface area contributed by atoms with Gasteiger partial charge < -0.3 is 10.1 Å². The van der Waals surface area contributed by atoms with Crippen LogP contribution in [0.15, 0.2) is 22.7 Å². The highest BCUT2D eigenvalue weighted by Crippen LogP contribution is 2.36. The normalized spacial score (nSPS) is 16.4. The number of benzene rings is 1. The van der Waals surface area contributed by atoms with Crippen LogP contribution >= 0.6 is 27.5 Å². The van der Waals surface area contributed by atoms with Crippen LogP contribution < -0.4 is 5.32 Å². The van der Waals surface area contributed by atoms with Crippen molar-refractivity contribution in [3.8, 4) is 0 Å². The van der Waals surface area contributed by atoms with Crippen molar-refractivity contribution in [2.24, 2.45) is 5.92 Å². The van der Waals surface area contributed by atoms with Crippen molar-refractivity contribution in [1.29, 1.82) is 0 Å². The molecule has 1 aromatic rings. The molecule has 0 aliphatic heterocycles. The van der Waals surface area contributed by atoms with E-state index in [1.807, 2.05) is 6.07 Å². The fourth-order valence-electron chi connectivity index (χ4n) is 1.70. The van der Waals surface area contributed by atoms with E-state index in [1.165, 1.54) is 7.11 Å².